The van der Waals surface area contributed by atoms with E-state index in [2.05, 4.69) is 15.3 Å². The quantitative estimate of drug-likeness (QED) is 0.819. The zero-order chi connectivity index (χ0) is 15.3. The first-order valence-electron chi connectivity index (χ1n) is 6.69. The molecule has 2 aliphatic rings. The number of hydrogen-bond donors (Lipinski definition) is 2. The summed E-state index contributed by atoms with van der Waals surface area (Å²) in [6.45, 7) is 0. The third-order valence-electron chi connectivity index (χ3n) is 3.62. The van der Waals surface area contributed by atoms with Gasteiger partial charge in [-0.1, -0.05) is 0 Å². The Hall–Kier alpha value is -2.38. The average molecular weight is 319 g/mol. The van der Waals surface area contributed by atoms with E-state index in [0.717, 1.165) is 0 Å². The fourth-order valence-electron chi connectivity index (χ4n) is 2.67. The molecule has 2 N–H and O–H groups in total. The van der Waals surface area contributed by atoms with Crippen molar-refractivity contribution < 1.29 is 14.6 Å². The summed E-state index contributed by atoms with van der Waals surface area (Å²) >= 11 is 5.75. The minimum absolute atomic E-state index is 0.138. The van der Waals surface area contributed by atoms with Gasteiger partial charge < -0.3 is 15.2 Å². The molecule has 22 heavy (non-hydrogen) atoms. The maximum atomic E-state index is 12.1. The van der Waals surface area contributed by atoms with Gasteiger partial charge in [0, 0.05) is 18.3 Å². The molecule has 0 aliphatic carbocycles. The van der Waals surface area contributed by atoms with E-state index in [1.165, 1.54) is 11.1 Å². The second-order valence-electron chi connectivity index (χ2n) is 5.05. The number of aliphatic hydroxyl groups is 1. The second kappa shape index (κ2) is 4.82. The number of fused-ring (bicyclic) bond motifs is 4. The molecule has 1 aromatic heterocycles. The van der Waals surface area contributed by atoms with Crippen molar-refractivity contribution in [2.24, 2.45) is 0 Å². The molecule has 0 saturated carbocycles. The molecule has 2 aliphatic heterocycles. The molecule has 1 amide bonds. The number of carbonyl (C=O) groups is 1. The number of ether oxygens (including phenoxy) is 1. The number of aliphatic hydroxyl groups excluding tert-OH is 1. The number of amides is 1. The fourth-order valence-corrected chi connectivity index (χ4v) is 2.81. The van der Waals surface area contributed by atoms with Gasteiger partial charge in [0.2, 0.25) is 5.28 Å². The Balaban J connectivity index is 1.69. The standard InChI is InChI=1S/C14H11ClN4O3/c15-14-16-4-3-11(18-14)17-7-1-2-9-8(5-7)19-12(20)6-10(22-9)13(19)21/h1-5,10,12,20H,6H2,(H,16,17,18). The monoisotopic (exact) mass is 318 g/mol. The summed E-state index contributed by atoms with van der Waals surface area (Å²) in [5.41, 5.74) is 1.24. The molecule has 8 heteroatoms. The normalized spacial score (nSPS) is 22.3. The summed E-state index contributed by atoms with van der Waals surface area (Å²) in [7, 11) is 0. The zero-order valence-corrected chi connectivity index (χ0v) is 12.0. The van der Waals surface area contributed by atoms with E-state index in [1.54, 1.807) is 24.3 Å². The number of aromatic nitrogens is 2. The van der Waals surface area contributed by atoms with Crippen molar-refractivity contribution in [2.75, 3.05) is 10.2 Å². The highest BCUT2D eigenvalue weighted by molar-refractivity contribution is 6.28. The summed E-state index contributed by atoms with van der Waals surface area (Å²) in [6.07, 6.45) is 0.361. The molecule has 0 spiro atoms. The van der Waals surface area contributed by atoms with Crippen LogP contribution in [0.2, 0.25) is 5.28 Å². The number of nitrogens with one attached hydrogen (secondary N) is 1. The third kappa shape index (κ3) is 2.06. The van der Waals surface area contributed by atoms with Crippen LogP contribution in [0.3, 0.4) is 0 Å². The molecule has 1 saturated heterocycles. The van der Waals surface area contributed by atoms with E-state index in [0.29, 0.717) is 22.9 Å². The van der Waals surface area contributed by atoms with Crippen LogP contribution in [-0.2, 0) is 4.79 Å². The van der Waals surface area contributed by atoms with Gasteiger partial charge in [0.25, 0.3) is 5.91 Å². The summed E-state index contributed by atoms with van der Waals surface area (Å²) in [6, 6.07) is 6.96. The number of hydrogen-bond acceptors (Lipinski definition) is 6. The zero-order valence-electron chi connectivity index (χ0n) is 11.2. The SMILES string of the molecule is O=C1C2CC(O)N1c1cc(Nc3ccnc(Cl)n3)ccc1O2. The van der Waals surface area contributed by atoms with Crippen LogP contribution in [0.5, 0.6) is 5.75 Å². The minimum atomic E-state index is -0.859. The third-order valence-corrected chi connectivity index (χ3v) is 3.80. The first kappa shape index (κ1) is 13.3. The van der Waals surface area contributed by atoms with Crippen molar-refractivity contribution in [1.29, 1.82) is 0 Å². The number of nitrogens with zero attached hydrogens (tertiary/aromatic N) is 3. The fraction of sp³-hybridized carbons (Fsp3) is 0.214. The maximum absolute atomic E-state index is 12.1. The van der Waals surface area contributed by atoms with E-state index < -0.39 is 12.3 Å². The van der Waals surface area contributed by atoms with Crippen molar-refractivity contribution >= 4 is 34.7 Å². The van der Waals surface area contributed by atoms with Gasteiger partial charge in [-0.3, -0.25) is 9.69 Å². The van der Waals surface area contributed by atoms with E-state index in [9.17, 15) is 9.90 Å². The summed E-state index contributed by atoms with van der Waals surface area (Å²) in [5, 5.41) is 13.2. The highest BCUT2D eigenvalue weighted by Gasteiger charge is 2.46. The van der Waals surface area contributed by atoms with Crippen LogP contribution in [0.15, 0.2) is 30.5 Å². The van der Waals surface area contributed by atoms with Gasteiger partial charge in [-0.2, -0.15) is 0 Å². The Morgan fingerprint density at radius 3 is 3.09 bits per heavy atom. The lowest BCUT2D eigenvalue weighted by Gasteiger charge is -2.27. The first-order valence-corrected chi connectivity index (χ1v) is 7.07. The summed E-state index contributed by atoms with van der Waals surface area (Å²) < 4.78 is 5.60. The number of rotatable bonds is 2. The number of benzene rings is 1. The van der Waals surface area contributed by atoms with Gasteiger partial charge in [-0.15, -0.1) is 0 Å². The molecule has 7 nitrogen and oxygen atoms in total. The largest absolute Gasteiger partial charge is 0.478 e. The highest BCUT2D eigenvalue weighted by atomic mass is 35.5. The second-order valence-corrected chi connectivity index (χ2v) is 5.39. The molecular formula is C14H11ClN4O3. The number of carbonyl (C=O) groups excluding carboxylic acids is 1. The van der Waals surface area contributed by atoms with Crippen molar-refractivity contribution in [2.45, 2.75) is 18.8 Å². The molecule has 3 heterocycles. The summed E-state index contributed by atoms with van der Waals surface area (Å²) in [4.78, 5) is 21.3. The van der Waals surface area contributed by atoms with Gasteiger partial charge in [0.15, 0.2) is 6.10 Å². The van der Waals surface area contributed by atoms with Crippen LogP contribution in [-0.4, -0.2) is 33.3 Å². The Morgan fingerprint density at radius 2 is 2.27 bits per heavy atom. The minimum Gasteiger partial charge on any atom is -0.478 e. The number of anilines is 3. The Kier molecular flexibility index (Phi) is 2.91. The lowest BCUT2D eigenvalue weighted by Crippen LogP contribution is -2.39. The predicted octanol–water partition coefficient (Wildman–Crippen LogP) is 1.69. The first-order chi connectivity index (χ1) is 10.6. The Bertz CT molecular complexity index is 770. The Labute approximate surface area is 130 Å². The topological polar surface area (TPSA) is 87.6 Å². The molecular weight excluding hydrogens is 308 g/mol. The summed E-state index contributed by atoms with van der Waals surface area (Å²) in [5.74, 6) is 0.887. The van der Waals surface area contributed by atoms with Gasteiger partial charge >= 0.3 is 0 Å². The Morgan fingerprint density at radius 1 is 1.41 bits per heavy atom. The van der Waals surface area contributed by atoms with Gasteiger partial charge in [0.1, 0.15) is 17.8 Å². The molecule has 1 fully saturated rings. The molecule has 2 unspecified atom stereocenters. The van der Waals surface area contributed by atoms with Crippen LogP contribution in [0, 0.1) is 0 Å². The molecule has 112 valence electrons. The van der Waals surface area contributed by atoms with Gasteiger partial charge in [-0.25, -0.2) is 9.97 Å². The van der Waals surface area contributed by atoms with E-state index in [-0.39, 0.29) is 17.6 Å². The number of halogens is 1. The molecule has 1 aromatic carbocycles. The van der Waals surface area contributed by atoms with Crippen LogP contribution in [0.1, 0.15) is 6.42 Å². The lowest BCUT2D eigenvalue weighted by atomic mass is 10.2. The average Bonchev–Trinajstić information content (AvgIpc) is 2.66. The van der Waals surface area contributed by atoms with Crippen LogP contribution >= 0.6 is 11.6 Å². The lowest BCUT2D eigenvalue weighted by molar-refractivity contribution is -0.123. The van der Waals surface area contributed by atoms with Crippen LogP contribution in [0.25, 0.3) is 0 Å². The van der Waals surface area contributed by atoms with E-state index in [1.807, 2.05) is 0 Å². The van der Waals surface area contributed by atoms with Gasteiger partial charge in [0.05, 0.1) is 5.69 Å². The predicted molar refractivity (Wildman–Crippen MR) is 79.3 cm³/mol. The van der Waals surface area contributed by atoms with Crippen molar-refractivity contribution in [3.05, 3.63) is 35.7 Å². The highest BCUT2D eigenvalue weighted by Crippen LogP contribution is 2.42. The molecule has 2 atom stereocenters. The van der Waals surface area contributed by atoms with Gasteiger partial charge in [-0.05, 0) is 35.9 Å². The molecule has 0 radical (unpaired) electrons. The molecule has 2 bridgehead atoms. The van der Waals surface area contributed by atoms with E-state index >= 15 is 0 Å². The molecule has 2 aromatic rings. The van der Waals surface area contributed by atoms with Crippen LogP contribution < -0.4 is 15.0 Å². The van der Waals surface area contributed by atoms with E-state index in [4.69, 9.17) is 16.3 Å². The maximum Gasteiger partial charge on any atom is 0.270 e. The van der Waals surface area contributed by atoms with Crippen molar-refractivity contribution in [3.8, 4) is 5.75 Å². The smallest absolute Gasteiger partial charge is 0.270 e. The van der Waals surface area contributed by atoms with Crippen molar-refractivity contribution in [3.63, 3.8) is 0 Å². The molecule has 4 rings (SSSR count). The van der Waals surface area contributed by atoms with Crippen LogP contribution in [0.4, 0.5) is 17.2 Å². The van der Waals surface area contributed by atoms with Crippen molar-refractivity contribution in [1.82, 2.24) is 9.97 Å².